The Hall–Kier alpha value is -2.16. The molecule has 3 heteroatoms. The van der Waals surface area contributed by atoms with Gasteiger partial charge in [-0.1, -0.05) is 24.3 Å². The van der Waals surface area contributed by atoms with Crippen LogP contribution in [0.3, 0.4) is 0 Å². The molecule has 3 nitrogen and oxygen atoms in total. The third-order valence-electron chi connectivity index (χ3n) is 2.59. The maximum atomic E-state index is 11.5. The first-order valence-corrected chi connectivity index (χ1v) is 6.11. The van der Waals surface area contributed by atoms with Crippen LogP contribution >= 0.6 is 0 Å². The summed E-state index contributed by atoms with van der Waals surface area (Å²) >= 11 is 0. The van der Waals surface area contributed by atoms with Gasteiger partial charge in [0.25, 0.3) is 0 Å². The summed E-state index contributed by atoms with van der Waals surface area (Å²) in [6, 6.07) is 7.25. The van der Waals surface area contributed by atoms with Crippen LogP contribution in [0.25, 0.3) is 0 Å². The highest BCUT2D eigenvalue weighted by atomic mass is 16.5. The minimum Gasteiger partial charge on any atom is -0.465 e. The van der Waals surface area contributed by atoms with Gasteiger partial charge in [-0.05, 0) is 44.0 Å². The number of hydrogen-bond acceptors (Lipinski definition) is 3. The largest absolute Gasteiger partial charge is 0.465 e. The van der Waals surface area contributed by atoms with Gasteiger partial charge < -0.3 is 4.74 Å². The molecule has 0 amide bonds. The number of ether oxygens (including phenoxy) is 1. The number of carbonyl (C=O) groups excluding carboxylic acids is 1. The standard InChI is InChI=1S/C16H19NO2/c1-5-7-12(2)11-17-13(3)14-8-6-9-15(10-14)16(18)19-4/h5-11H,1-4H3/b7-5+,12-11-,17-13?. The lowest BCUT2D eigenvalue weighted by Gasteiger charge is -2.03. The lowest BCUT2D eigenvalue weighted by molar-refractivity contribution is 0.0600. The average molecular weight is 257 g/mol. The van der Waals surface area contributed by atoms with E-state index in [9.17, 15) is 4.79 Å². The molecule has 0 saturated carbocycles. The van der Waals surface area contributed by atoms with Crippen molar-refractivity contribution < 1.29 is 9.53 Å². The fourth-order valence-corrected chi connectivity index (χ4v) is 1.57. The number of nitrogens with zero attached hydrogens (tertiary/aromatic N) is 1. The molecule has 100 valence electrons. The first kappa shape index (κ1) is 14.9. The van der Waals surface area contributed by atoms with Gasteiger partial charge in [0.15, 0.2) is 0 Å². The van der Waals surface area contributed by atoms with Crippen molar-refractivity contribution >= 4 is 11.7 Å². The van der Waals surface area contributed by atoms with E-state index in [1.54, 1.807) is 18.3 Å². The molecule has 0 aliphatic heterocycles. The minimum atomic E-state index is -0.338. The van der Waals surface area contributed by atoms with Gasteiger partial charge in [0, 0.05) is 11.9 Å². The van der Waals surface area contributed by atoms with Crippen molar-refractivity contribution in [1.29, 1.82) is 0 Å². The molecule has 0 saturated heterocycles. The van der Waals surface area contributed by atoms with Crippen LogP contribution in [0.1, 0.15) is 36.7 Å². The van der Waals surface area contributed by atoms with Crippen molar-refractivity contribution in [2.75, 3.05) is 7.11 Å². The predicted octanol–water partition coefficient (Wildman–Crippen LogP) is 3.76. The fourth-order valence-electron chi connectivity index (χ4n) is 1.57. The van der Waals surface area contributed by atoms with Crippen molar-refractivity contribution in [1.82, 2.24) is 0 Å². The SMILES string of the molecule is C/C=C/C(C)=C\N=C(C)c1cccc(C(=O)OC)c1. The molecule has 0 N–H and O–H groups in total. The van der Waals surface area contributed by atoms with E-state index in [1.807, 2.05) is 45.1 Å². The van der Waals surface area contributed by atoms with Crippen molar-refractivity contribution in [3.8, 4) is 0 Å². The average Bonchev–Trinajstić information content (AvgIpc) is 2.44. The summed E-state index contributed by atoms with van der Waals surface area (Å²) < 4.78 is 4.70. The molecule has 0 aliphatic carbocycles. The summed E-state index contributed by atoms with van der Waals surface area (Å²) in [6.45, 7) is 5.87. The van der Waals surface area contributed by atoms with Gasteiger partial charge in [-0.2, -0.15) is 0 Å². The molecule has 0 atom stereocenters. The summed E-state index contributed by atoms with van der Waals surface area (Å²) in [5.74, 6) is -0.338. The van der Waals surface area contributed by atoms with Crippen LogP contribution in [0.15, 0.2) is 53.2 Å². The summed E-state index contributed by atoms with van der Waals surface area (Å²) in [7, 11) is 1.37. The Bertz CT molecular complexity index is 539. The maximum Gasteiger partial charge on any atom is 0.337 e. The van der Waals surface area contributed by atoms with Crippen LogP contribution in [-0.2, 0) is 4.74 Å². The number of carbonyl (C=O) groups is 1. The Balaban J connectivity index is 3.00. The van der Waals surface area contributed by atoms with Gasteiger partial charge in [0.05, 0.1) is 12.7 Å². The van der Waals surface area contributed by atoms with Crippen LogP contribution in [0, 0.1) is 0 Å². The molecule has 1 aromatic rings. The van der Waals surface area contributed by atoms with E-state index in [1.165, 1.54) is 7.11 Å². The second kappa shape index (κ2) is 7.31. The molecule has 0 bridgehead atoms. The van der Waals surface area contributed by atoms with Crippen LogP contribution in [0.5, 0.6) is 0 Å². The van der Waals surface area contributed by atoms with E-state index < -0.39 is 0 Å². The van der Waals surface area contributed by atoms with Gasteiger partial charge >= 0.3 is 5.97 Å². The zero-order valence-corrected chi connectivity index (χ0v) is 11.8. The zero-order valence-electron chi connectivity index (χ0n) is 11.8. The maximum absolute atomic E-state index is 11.5. The predicted molar refractivity (Wildman–Crippen MR) is 78.6 cm³/mol. The molecule has 19 heavy (non-hydrogen) atoms. The van der Waals surface area contributed by atoms with Crippen LogP contribution < -0.4 is 0 Å². The number of aliphatic imine (C=N–C) groups is 1. The Kier molecular flexibility index (Phi) is 5.73. The third-order valence-corrected chi connectivity index (χ3v) is 2.59. The van der Waals surface area contributed by atoms with E-state index in [0.717, 1.165) is 16.8 Å². The van der Waals surface area contributed by atoms with E-state index >= 15 is 0 Å². The Morgan fingerprint density at radius 1 is 1.26 bits per heavy atom. The molecule has 0 aliphatic rings. The Morgan fingerprint density at radius 3 is 2.58 bits per heavy atom. The highest BCUT2D eigenvalue weighted by Crippen LogP contribution is 2.08. The molecule has 0 fully saturated rings. The molecule has 1 aromatic carbocycles. The molecule has 0 radical (unpaired) electrons. The van der Waals surface area contributed by atoms with Gasteiger partial charge in [-0.15, -0.1) is 0 Å². The fraction of sp³-hybridized carbons (Fsp3) is 0.250. The molecule has 0 spiro atoms. The van der Waals surface area contributed by atoms with Crippen LogP contribution in [-0.4, -0.2) is 18.8 Å². The number of benzene rings is 1. The number of methoxy groups -OCH3 is 1. The van der Waals surface area contributed by atoms with E-state index in [0.29, 0.717) is 5.56 Å². The van der Waals surface area contributed by atoms with Gasteiger partial charge in [0.2, 0.25) is 0 Å². The lowest BCUT2D eigenvalue weighted by Crippen LogP contribution is -2.03. The minimum absolute atomic E-state index is 0.338. The third kappa shape index (κ3) is 4.54. The van der Waals surface area contributed by atoms with Gasteiger partial charge in [0.1, 0.15) is 0 Å². The number of hydrogen-bond donors (Lipinski definition) is 0. The normalized spacial score (nSPS) is 12.8. The van der Waals surface area contributed by atoms with Crippen molar-refractivity contribution in [3.63, 3.8) is 0 Å². The monoisotopic (exact) mass is 257 g/mol. The van der Waals surface area contributed by atoms with Crippen molar-refractivity contribution in [2.45, 2.75) is 20.8 Å². The molecular formula is C16H19NO2. The quantitative estimate of drug-likeness (QED) is 0.468. The summed E-state index contributed by atoms with van der Waals surface area (Å²) in [5, 5.41) is 0. The van der Waals surface area contributed by atoms with E-state index in [4.69, 9.17) is 4.74 Å². The molecular weight excluding hydrogens is 238 g/mol. The number of allylic oxidation sites excluding steroid dienone is 3. The second-order valence-electron chi connectivity index (χ2n) is 4.16. The number of esters is 1. The first-order chi connectivity index (χ1) is 9.08. The van der Waals surface area contributed by atoms with Gasteiger partial charge in [-0.3, -0.25) is 4.99 Å². The summed E-state index contributed by atoms with van der Waals surface area (Å²) in [4.78, 5) is 15.8. The second-order valence-corrected chi connectivity index (χ2v) is 4.16. The highest BCUT2D eigenvalue weighted by Gasteiger charge is 2.06. The van der Waals surface area contributed by atoms with Crippen molar-refractivity contribution in [2.24, 2.45) is 4.99 Å². The summed E-state index contributed by atoms with van der Waals surface area (Å²) in [6.07, 6.45) is 5.76. The van der Waals surface area contributed by atoms with E-state index in [2.05, 4.69) is 4.99 Å². The van der Waals surface area contributed by atoms with E-state index in [-0.39, 0.29) is 5.97 Å². The topological polar surface area (TPSA) is 38.7 Å². The smallest absolute Gasteiger partial charge is 0.337 e. The number of rotatable bonds is 4. The van der Waals surface area contributed by atoms with Crippen LogP contribution in [0.4, 0.5) is 0 Å². The first-order valence-electron chi connectivity index (χ1n) is 6.11. The zero-order chi connectivity index (χ0) is 14.3. The van der Waals surface area contributed by atoms with Crippen molar-refractivity contribution in [3.05, 3.63) is 59.3 Å². The van der Waals surface area contributed by atoms with Gasteiger partial charge in [-0.25, -0.2) is 4.79 Å². The Labute approximate surface area is 114 Å². The lowest BCUT2D eigenvalue weighted by atomic mass is 10.1. The molecule has 1 rings (SSSR count). The Morgan fingerprint density at radius 2 is 1.95 bits per heavy atom. The molecule has 0 heterocycles. The highest BCUT2D eigenvalue weighted by molar-refractivity contribution is 6.01. The molecule has 0 unspecified atom stereocenters. The molecule has 0 aromatic heterocycles. The van der Waals surface area contributed by atoms with Crippen LogP contribution in [0.2, 0.25) is 0 Å². The summed E-state index contributed by atoms with van der Waals surface area (Å²) in [5.41, 5.74) is 3.37.